The molecular formula is C23H34FN7O4S. The maximum Gasteiger partial charge on any atom is 0.410 e. The van der Waals surface area contributed by atoms with E-state index < -0.39 is 27.8 Å². The number of piperazine rings is 1. The molecule has 2 aromatic rings. The summed E-state index contributed by atoms with van der Waals surface area (Å²) in [5.74, 6) is 1.15. The van der Waals surface area contributed by atoms with Gasteiger partial charge in [-0.1, -0.05) is 0 Å². The molecule has 1 saturated carbocycles. The van der Waals surface area contributed by atoms with Gasteiger partial charge in [-0.05, 0) is 52.2 Å². The van der Waals surface area contributed by atoms with Crippen molar-refractivity contribution in [1.82, 2.24) is 23.8 Å². The van der Waals surface area contributed by atoms with Gasteiger partial charge in [0.1, 0.15) is 17.6 Å². The van der Waals surface area contributed by atoms with Gasteiger partial charge < -0.3 is 19.9 Å². The molecular weight excluding hydrogens is 489 g/mol. The highest BCUT2D eigenvalue weighted by Crippen LogP contribution is 2.33. The van der Waals surface area contributed by atoms with Crippen LogP contribution in [0.2, 0.25) is 0 Å². The average Bonchev–Trinajstić information content (AvgIpc) is 3.60. The molecule has 3 fully saturated rings. The number of hydrogen-bond donors (Lipinski definition) is 1. The lowest BCUT2D eigenvalue weighted by atomic mass is 10.1. The van der Waals surface area contributed by atoms with Gasteiger partial charge in [0.25, 0.3) is 0 Å². The molecule has 3 aliphatic rings. The van der Waals surface area contributed by atoms with E-state index in [1.807, 2.05) is 32.9 Å². The van der Waals surface area contributed by atoms with Crippen LogP contribution in [0.3, 0.4) is 0 Å². The van der Waals surface area contributed by atoms with Crippen LogP contribution in [0, 0.1) is 0 Å². The fourth-order valence-electron chi connectivity index (χ4n) is 4.65. The molecule has 13 heteroatoms. The minimum absolute atomic E-state index is 0.143. The maximum atomic E-state index is 14.9. The van der Waals surface area contributed by atoms with E-state index >= 15 is 0 Å². The van der Waals surface area contributed by atoms with Gasteiger partial charge in [0.05, 0.1) is 23.0 Å². The third-order valence-corrected chi connectivity index (χ3v) is 9.12. The number of sulfonamides is 1. The van der Waals surface area contributed by atoms with Crippen LogP contribution in [0.25, 0.3) is 5.52 Å². The predicted octanol–water partition coefficient (Wildman–Crippen LogP) is 2.10. The molecule has 1 N–H and O–H groups in total. The van der Waals surface area contributed by atoms with E-state index in [4.69, 9.17) is 4.74 Å². The molecule has 1 aliphatic carbocycles. The molecule has 2 aliphatic heterocycles. The Balaban J connectivity index is 1.23. The van der Waals surface area contributed by atoms with Crippen LogP contribution in [0.15, 0.2) is 18.3 Å². The molecule has 2 atom stereocenters. The standard InChI is InChI=1S/C23H34FN7O4S/c1-23(2,3)35-22(32)29-12-10-28(11-13-29)20-7-4-16-14-25-21(27-31(16)20)26-19-8-9-30(15-18(19)24)36(33,34)17-5-6-17/h4,7,14,17-19H,5-6,8-13,15H2,1-3H3,(H,26,27)/t18-,19-/m1/s1. The first-order valence-corrected chi connectivity index (χ1v) is 14.0. The summed E-state index contributed by atoms with van der Waals surface area (Å²) in [6, 6.07) is 3.30. The highest BCUT2D eigenvalue weighted by atomic mass is 32.2. The summed E-state index contributed by atoms with van der Waals surface area (Å²) in [7, 11) is -3.38. The van der Waals surface area contributed by atoms with Crippen LogP contribution in [0.5, 0.6) is 0 Å². The molecule has 5 rings (SSSR count). The van der Waals surface area contributed by atoms with E-state index in [9.17, 15) is 17.6 Å². The summed E-state index contributed by atoms with van der Waals surface area (Å²) in [4.78, 5) is 20.6. The summed E-state index contributed by atoms with van der Waals surface area (Å²) in [5, 5.41) is 7.34. The van der Waals surface area contributed by atoms with Crippen molar-refractivity contribution < 1.29 is 22.3 Å². The van der Waals surface area contributed by atoms with Gasteiger partial charge in [-0.25, -0.2) is 27.1 Å². The molecule has 11 nitrogen and oxygen atoms in total. The van der Waals surface area contributed by atoms with Crippen molar-refractivity contribution >= 4 is 33.4 Å². The Hall–Kier alpha value is -2.67. The summed E-state index contributed by atoms with van der Waals surface area (Å²) in [5.41, 5.74) is 0.264. The molecule has 198 valence electrons. The minimum atomic E-state index is -3.38. The zero-order chi connectivity index (χ0) is 25.7. The third-order valence-electron chi connectivity index (χ3n) is 6.76. The largest absolute Gasteiger partial charge is 0.444 e. The van der Waals surface area contributed by atoms with Crippen molar-refractivity contribution in [3.8, 4) is 0 Å². The highest BCUT2D eigenvalue weighted by Gasteiger charge is 2.43. The second-order valence-corrected chi connectivity index (χ2v) is 12.9. The number of carbonyl (C=O) groups is 1. The van der Waals surface area contributed by atoms with E-state index in [1.54, 1.807) is 15.6 Å². The molecule has 0 spiro atoms. The van der Waals surface area contributed by atoms with Crippen LogP contribution in [-0.4, -0.2) is 101 Å². The second kappa shape index (κ2) is 9.33. The molecule has 0 bridgehead atoms. The van der Waals surface area contributed by atoms with Gasteiger partial charge in [-0.3, -0.25) is 0 Å². The lowest BCUT2D eigenvalue weighted by molar-refractivity contribution is 0.0240. The predicted molar refractivity (Wildman–Crippen MR) is 133 cm³/mol. The number of fused-ring (bicyclic) bond motifs is 1. The van der Waals surface area contributed by atoms with Crippen molar-refractivity contribution in [2.24, 2.45) is 0 Å². The minimum Gasteiger partial charge on any atom is -0.444 e. The molecule has 0 radical (unpaired) electrons. The number of aromatic nitrogens is 3. The normalized spacial score (nSPS) is 24.2. The number of anilines is 2. The lowest BCUT2D eigenvalue weighted by Crippen LogP contribution is -2.51. The number of halogens is 1. The Kier molecular flexibility index (Phi) is 6.48. The molecule has 2 saturated heterocycles. The first-order valence-electron chi connectivity index (χ1n) is 12.5. The van der Waals surface area contributed by atoms with Gasteiger partial charge in [-0.15, -0.1) is 5.10 Å². The van der Waals surface area contributed by atoms with Crippen molar-refractivity contribution in [3.63, 3.8) is 0 Å². The van der Waals surface area contributed by atoms with Crippen LogP contribution in [0.1, 0.15) is 40.0 Å². The number of nitrogens with one attached hydrogen (secondary N) is 1. The molecule has 1 amide bonds. The Bertz CT molecular complexity index is 1220. The third kappa shape index (κ3) is 5.22. The number of ether oxygens (including phenoxy) is 1. The zero-order valence-electron chi connectivity index (χ0n) is 20.9. The summed E-state index contributed by atoms with van der Waals surface area (Å²) in [6.07, 6.45) is 1.70. The number of nitrogens with zero attached hydrogens (tertiary/aromatic N) is 6. The van der Waals surface area contributed by atoms with Gasteiger partial charge in [0.2, 0.25) is 16.0 Å². The van der Waals surface area contributed by atoms with Crippen LogP contribution in [-0.2, 0) is 14.8 Å². The van der Waals surface area contributed by atoms with Crippen LogP contribution < -0.4 is 10.2 Å². The highest BCUT2D eigenvalue weighted by molar-refractivity contribution is 7.90. The van der Waals surface area contributed by atoms with E-state index in [0.717, 1.165) is 11.3 Å². The van der Waals surface area contributed by atoms with E-state index in [1.165, 1.54) is 4.31 Å². The van der Waals surface area contributed by atoms with E-state index in [2.05, 4.69) is 20.3 Å². The topological polar surface area (TPSA) is 112 Å². The fraction of sp³-hybridized carbons (Fsp3) is 0.696. The number of hydrogen-bond acceptors (Lipinski definition) is 8. The molecule has 0 unspecified atom stereocenters. The van der Waals surface area contributed by atoms with Crippen LogP contribution >= 0.6 is 0 Å². The van der Waals surface area contributed by atoms with Crippen LogP contribution in [0.4, 0.5) is 21.0 Å². The number of amides is 1. The van der Waals surface area contributed by atoms with E-state index in [0.29, 0.717) is 51.4 Å². The second-order valence-electron chi connectivity index (χ2n) is 10.7. The summed E-state index contributed by atoms with van der Waals surface area (Å²) < 4.78 is 48.4. The number of rotatable bonds is 5. The Morgan fingerprint density at radius 1 is 1.11 bits per heavy atom. The van der Waals surface area contributed by atoms with Gasteiger partial charge >= 0.3 is 6.09 Å². The number of alkyl halides is 1. The Morgan fingerprint density at radius 3 is 2.47 bits per heavy atom. The lowest BCUT2D eigenvalue weighted by Gasteiger charge is -2.36. The Labute approximate surface area is 210 Å². The fourth-order valence-corrected chi connectivity index (χ4v) is 6.51. The monoisotopic (exact) mass is 523 g/mol. The van der Waals surface area contributed by atoms with Gasteiger partial charge in [0, 0.05) is 39.3 Å². The summed E-state index contributed by atoms with van der Waals surface area (Å²) in [6.45, 7) is 8.01. The maximum absolute atomic E-state index is 14.9. The smallest absolute Gasteiger partial charge is 0.410 e. The summed E-state index contributed by atoms with van der Waals surface area (Å²) >= 11 is 0. The Morgan fingerprint density at radius 2 is 1.83 bits per heavy atom. The number of piperidine rings is 1. The number of carbonyl (C=O) groups excluding carboxylic acids is 1. The zero-order valence-corrected chi connectivity index (χ0v) is 21.7. The van der Waals surface area contributed by atoms with Crippen molar-refractivity contribution in [2.75, 3.05) is 49.5 Å². The van der Waals surface area contributed by atoms with Crippen molar-refractivity contribution in [3.05, 3.63) is 18.3 Å². The molecule has 0 aromatic carbocycles. The quantitative estimate of drug-likeness (QED) is 0.634. The SMILES string of the molecule is CC(C)(C)OC(=O)N1CCN(c2ccc3cnc(N[C@@H]4CCN(S(=O)(=O)C5CC5)C[C@H]4F)nn23)CC1. The van der Waals surface area contributed by atoms with Crippen molar-refractivity contribution in [1.29, 1.82) is 0 Å². The van der Waals surface area contributed by atoms with Gasteiger partial charge in [-0.2, -0.15) is 4.31 Å². The molecule has 36 heavy (non-hydrogen) atoms. The van der Waals surface area contributed by atoms with E-state index in [-0.39, 0.29) is 24.4 Å². The van der Waals surface area contributed by atoms with Crippen molar-refractivity contribution in [2.45, 2.75) is 63.1 Å². The average molecular weight is 524 g/mol. The first kappa shape index (κ1) is 25.0. The first-order chi connectivity index (χ1) is 17.0. The molecule has 2 aromatic heterocycles. The van der Waals surface area contributed by atoms with Gasteiger partial charge in [0.15, 0.2) is 0 Å². The molecule has 4 heterocycles.